The van der Waals surface area contributed by atoms with Crippen molar-refractivity contribution in [3.05, 3.63) is 60.9 Å². The van der Waals surface area contributed by atoms with E-state index in [1.165, 1.54) is 56.2 Å². The first-order valence-electron chi connectivity index (χ1n) is 13.6. The van der Waals surface area contributed by atoms with Crippen LogP contribution in [0, 0.1) is 11.8 Å². The summed E-state index contributed by atoms with van der Waals surface area (Å²) in [4.78, 5) is 0. The molecule has 0 spiro atoms. The zero-order valence-electron chi connectivity index (χ0n) is 23.2. The molecular weight excluding hydrogens is 446 g/mol. The number of nitrogens with two attached hydrogens (primary N) is 2. The lowest BCUT2D eigenvalue weighted by atomic mass is 10.0. The molecule has 0 bridgehead atoms. The molecule has 6 heteroatoms. The molecule has 0 heterocycles. The Morgan fingerprint density at radius 2 is 1.39 bits per heavy atom. The predicted molar refractivity (Wildman–Crippen MR) is 155 cm³/mol. The Labute approximate surface area is 219 Å². The quantitative estimate of drug-likeness (QED) is 0.146. The van der Waals surface area contributed by atoms with Crippen molar-refractivity contribution in [3.8, 4) is 5.75 Å². The van der Waals surface area contributed by atoms with Crippen molar-refractivity contribution in [2.45, 2.75) is 86.0 Å². The molecule has 36 heavy (non-hydrogen) atoms. The first-order valence-corrected chi connectivity index (χ1v) is 13.6. The number of hydrazine groups is 1. The minimum atomic E-state index is 0.618. The summed E-state index contributed by atoms with van der Waals surface area (Å²) in [6, 6.07) is 15.1. The van der Waals surface area contributed by atoms with Crippen molar-refractivity contribution in [1.82, 2.24) is 0 Å². The molecule has 0 saturated heterocycles. The van der Waals surface area contributed by atoms with E-state index in [9.17, 15) is 0 Å². The van der Waals surface area contributed by atoms with Gasteiger partial charge in [-0.1, -0.05) is 79.6 Å². The zero-order chi connectivity index (χ0) is 26.6. The molecule has 2 aromatic carbocycles. The Hall–Kier alpha value is -2.86. The van der Waals surface area contributed by atoms with Gasteiger partial charge in [0.05, 0.1) is 23.7 Å². The molecule has 2 atom stereocenters. The smallest absolute Gasteiger partial charge is 0.119 e. The van der Waals surface area contributed by atoms with Gasteiger partial charge in [0.15, 0.2) is 0 Å². The standard InChI is InChI=1S/C22H31N5O.C8H18/c1-3-5-6-18(4-2)17-28-22-13-9-20(10-14-22)26-25-19-7-11-21(12-8-19)27(24)16-15-23;1-4-6-7-8(3)5-2/h7-16,18H,3-6,17,23-24H2,1-2H3;8H,4-7H2,1-3H3/b16-15-,26-25?;. The predicted octanol–water partition coefficient (Wildman–Crippen LogP) is 9.03. The summed E-state index contributed by atoms with van der Waals surface area (Å²) >= 11 is 0. The number of ether oxygens (including phenoxy) is 1. The fraction of sp³-hybridized carbons (Fsp3) is 0.533. The number of benzene rings is 2. The van der Waals surface area contributed by atoms with Crippen LogP contribution in [0.5, 0.6) is 5.75 Å². The highest BCUT2D eigenvalue weighted by Gasteiger charge is 2.07. The van der Waals surface area contributed by atoms with Gasteiger partial charge in [0, 0.05) is 12.4 Å². The van der Waals surface area contributed by atoms with Crippen LogP contribution in [-0.2, 0) is 0 Å². The third kappa shape index (κ3) is 13.3. The minimum Gasteiger partial charge on any atom is -0.493 e. The van der Waals surface area contributed by atoms with E-state index in [2.05, 4.69) is 44.8 Å². The van der Waals surface area contributed by atoms with Crippen molar-refractivity contribution >= 4 is 17.1 Å². The van der Waals surface area contributed by atoms with Crippen LogP contribution in [0.4, 0.5) is 17.1 Å². The molecule has 4 N–H and O–H groups in total. The molecule has 2 unspecified atom stereocenters. The Morgan fingerprint density at radius 3 is 1.89 bits per heavy atom. The molecule has 2 aromatic rings. The summed E-state index contributed by atoms with van der Waals surface area (Å²) in [7, 11) is 0. The Morgan fingerprint density at radius 1 is 0.833 bits per heavy atom. The second-order valence-corrected chi connectivity index (χ2v) is 9.34. The Kier molecular flexibility index (Phi) is 16.7. The molecule has 200 valence electrons. The highest BCUT2D eigenvalue weighted by atomic mass is 16.5. The van der Waals surface area contributed by atoms with Gasteiger partial charge >= 0.3 is 0 Å². The second kappa shape index (κ2) is 19.3. The average molecular weight is 496 g/mol. The fourth-order valence-electron chi connectivity index (χ4n) is 3.46. The molecular formula is C30H49N5O. The number of unbranched alkanes of at least 4 members (excludes halogenated alkanes) is 2. The van der Waals surface area contributed by atoms with Crippen molar-refractivity contribution < 1.29 is 4.74 Å². The number of anilines is 1. The monoisotopic (exact) mass is 495 g/mol. The Bertz CT molecular complexity index is 849. The number of hydrogen-bond donors (Lipinski definition) is 2. The molecule has 0 aromatic heterocycles. The summed E-state index contributed by atoms with van der Waals surface area (Å²) in [5.41, 5.74) is 7.67. The van der Waals surface area contributed by atoms with Gasteiger partial charge in [0.2, 0.25) is 0 Å². The fourth-order valence-corrected chi connectivity index (χ4v) is 3.46. The summed E-state index contributed by atoms with van der Waals surface area (Å²) in [5.74, 6) is 8.25. The van der Waals surface area contributed by atoms with Crippen LogP contribution in [0.3, 0.4) is 0 Å². The first kappa shape index (κ1) is 31.2. The van der Waals surface area contributed by atoms with Crippen molar-refractivity contribution in [2.75, 3.05) is 11.6 Å². The van der Waals surface area contributed by atoms with E-state index in [0.717, 1.165) is 41.8 Å². The van der Waals surface area contributed by atoms with Crippen LogP contribution < -0.4 is 21.3 Å². The van der Waals surface area contributed by atoms with Gasteiger partial charge in [-0.3, -0.25) is 5.01 Å². The molecule has 0 saturated carbocycles. The van der Waals surface area contributed by atoms with Crippen LogP contribution in [0.15, 0.2) is 71.2 Å². The molecule has 0 amide bonds. The first-order chi connectivity index (χ1) is 17.5. The molecule has 2 rings (SSSR count). The van der Waals surface area contributed by atoms with E-state index in [0.29, 0.717) is 5.92 Å². The van der Waals surface area contributed by atoms with Crippen LogP contribution in [0.25, 0.3) is 0 Å². The maximum absolute atomic E-state index is 5.93. The van der Waals surface area contributed by atoms with Crippen LogP contribution in [-0.4, -0.2) is 6.61 Å². The van der Waals surface area contributed by atoms with E-state index >= 15 is 0 Å². The van der Waals surface area contributed by atoms with Gasteiger partial charge in [-0.25, -0.2) is 5.84 Å². The van der Waals surface area contributed by atoms with Crippen molar-refractivity contribution in [1.29, 1.82) is 0 Å². The second-order valence-electron chi connectivity index (χ2n) is 9.34. The summed E-state index contributed by atoms with van der Waals surface area (Å²) in [6.07, 6.45) is 13.4. The topological polar surface area (TPSA) is 89.2 Å². The van der Waals surface area contributed by atoms with Gasteiger partial charge in [-0.15, -0.1) is 0 Å². The van der Waals surface area contributed by atoms with E-state index in [1.807, 2.05) is 48.5 Å². The SMILES string of the molecule is CCCCC(C)CC.CCCCC(CC)COc1ccc(N=Nc2ccc(N(N)/C=C\N)cc2)cc1. The largest absolute Gasteiger partial charge is 0.493 e. The number of azo groups is 1. The highest BCUT2D eigenvalue weighted by Crippen LogP contribution is 2.24. The van der Waals surface area contributed by atoms with E-state index in [4.69, 9.17) is 16.3 Å². The maximum atomic E-state index is 5.93. The minimum absolute atomic E-state index is 0.618. The van der Waals surface area contributed by atoms with Crippen molar-refractivity contribution in [3.63, 3.8) is 0 Å². The molecule has 6 nitrogen and oxygen atoms in total. The summed E-state index contributed by atoms with van der Waals surface area (Å²) in [6.45, 7) is 12.1. The average Bonchev–Trinajstić information content (AvgIpc) is 2.92. The van der Waals surface area contributed by atoms with E-state index < -0.39 is 0 Å². The van der Waals surface area contributed by atoms with E-state index in [1.54, 1.807) is 6.20 Å². The number of nitrogens with zero attached hydrogens (tertiary/aromatic N) is 3. The zero-order valence-corrected chi connectivity index (χ0v) is 23.2. The number of hydrogen-bond acceptors (Lipinski definition) is 6. The van der Waals surface area contributed by atoms with Gasteiger partial charge in [0.1, 0.15) is 5.75 Å². The van der Waals surface area contributed by atoms with Crippen LogP contribution in [0.2, 0.25) is 0 Å². The van der Waals surface area contributed by atoms with Gasteiger partial charge < -0.3 is 10.5 Å². The third-order valence-electron chi connectivity index (χ3n) is 6.29. The maximum Gasteiger partial charge on any atom is 0.119 e. The van der Waals surface area contributed by atoms with Crippen molar-refractivity contribution in [2.24, 2.45) is 33.6 Å². The lowest BCUT2D eigenvalue weighted by Crippen LogP contribution is -2.24. The molecule has 0 aliphatic rings. The molecule has 0 aliphatic heterocycles. The summed E-state index contributed by atoms with van der Waals surface area (Å²) < 4.78 is 5.93. The highest BCUT2D eigenvalue weighted by molar-refractivity contribution is 5.53. The number of rotatable bonds is 15. The van der Waals surface area contributed by atoms with Crippen LogP contribution >= 0.6 is 0 Å². The third-order valence-corrected chi connectivity index (χ3v) is 6.29. The normalized spacial score (nSPS) is 12.8. The van der Waals surface area contributed by atoms with Gasteiger partial charge in [-0.05, 0) is 66.8 Å². The molecule has 0 fully saturated rings. The Balaban J connectivity index is 0.000000697. The summed E-state index contributed by atoms with van der Waals surface area (Å²) in [5, 5.41) is 9.96. The molecule has 0 aliphatic carbocycles. The van der Waals surface area contributed by atoms with Gasteiger partial charge in [0.25, 0.3) is 0 Å². The lowest BCUT2D eigenvalue weighted by Gasteiger charge is -2.15. The van der Waals surface area contributed by atoms with Gasteiger partial charge in [-0.2, -0.15) is 10.2 Å². The van der Waals surface area contributed by atoms with Crippen LogP contribution in [0.1, 0.15) is 86.0 Å². The lowest BCUT2D eigenvalue weighted by molar-refractivity contribution is 0.233. The molecule has 0 radical (unpaired) electrons. The van der Waals surface area contributed by atoms with E-state index in [-0.39, 0.29) is 0 Å².